The molecule has 2 aromatic heterocycles. The molecule has 0 radical (unpaired) electrons. The van der Waals surface area contributed by atoms with Crippen molar-refractivity contribution in [1.29, 1.82) is 0 Å². The van der Waals surface area contributed by atoms with E-state index in [-0.39, 0.29) is 17.4 Å². The molecular formula is C17H20F3N7O. The molecule has 2 saturated heterocycles. The Morgan fingerprint density at radius 2 is 1.75 bits per heavy atom. The Morgan fingerprint density at radius 1 is 1.04 bits per heavy atom. The molecule has 0 unspecified atom stereocenters. The summed E-state index contributed by atoms with van der Waals surface area (Å²) in [6, 6.07) is 1.53. The molecule has 28 heavy (non-hydrogen) atoms. The van der Waals surface area contributed by atoms with Gasteiger partial charge in [0.2, 0.25) is 11.9 Å². The highest BCUT2D eigenvalue weighted by Crippen LogP contribution is 2.37. The van der Waals surface area contributed by atoms with E-state index in [1.54, 1.807) is 0 Å². The van der Waals surface area contributed by atoms with Crippen LogP contribution >= 0.6 is 0 Å². The largest absolute Gasteiger partial charge is 0.434 e. The Bertz CT molecular complexity index is 864. The van der Waals surface area contributed by atoms with Gasteiger partial charge in [-0.25, -0.2) is 15.0 Å². The van der Waals surface area contributed by atoms with E-state index in [0.29, 0.717) is 37.7 Å². The van der Waals surface area contributed by atoms with Crippen LogP contribution in [-0.4, -0.2) is 57.3 Å². The minimum Gasteiger partial charge on any atom is -0.393 e. The number of halogens is 3. The van der Waals surface area contributed by atoms with Crippen LogP contribution in [0.15, 0.2) is 12.3 Å². The summed E-state index contributed by atoms with van der Waals surface area (Å²) >= 11 is 0. The van der Waals surface area contributed by atoms with E-state index >= 15 is 0 Å². The van der Waals surface area contributed by atoms with Gasteiger partial charge in [-0.1, -0.05) is 0 Å². The lowest BCUT2D eigenvalue weighted by Crippen LogP contribution is -2.39. The zero-order valence-electron chi connectivity index (χ0n) is 15.0. The first kappa shape index (κ1) is 18.7. The maximum atomic E-state index is 13.5. The summed E-state index contributed by atoms with van der Waals surface area (Å²) in [7, 11) is 0. The highest BCUT2D eigenvalue weighted by Gasteiger charge is 2.37. The van der Waals surface area contributed by atoms with E-state index < -0.39 is 17.8 Å². The Balaban J connectivity index is 1.80. The van der Waals surface area contributed by atoms with Crippen molar-refractivity contribution in [3.63, 3.8) is 0 Å². The zero-order valence-corrected chi connectivity index (χ0v) is 15.0. The number of nitrogen functional groups attached to an aromatic ring is 1. The average Bonchev–Trinajstić information content (AvgIpc) is 2.60. The Labute approximate surface area is 159 Å². The predicted molar refractivity (Wildman–Crippen MR) is 96.8 cm³/mol. The predicted octanol–water partition coefficient (Wildman–Crippen LogP) is 1.71. The van der Waals surface area contributed by atoms with Gasteiger partial charge in [0.25, 0.3) is 0 Å². The Morgan fingerprint density at radius 3 is 2.36 bits per heavy atom. The number of alkyl halides is 3. The van der Waals surface area contributed by atoms with Crippen molar-refractivity contribution in [3.05, 3.63) is 18.0 Å². The monoisotopic (exact) mass is 395 g/mol. The van der Waals surface area contributed by atoms with Crippen molar-refractivity contribution in [2.75, 3.05) is 41.7 Å². The number of nitrogens with zero attached hydrogens (tertiary/aromatic N) is 6. The molecule has 3 N–H and O–H groups in total. The van der Waals surface area contributed by atoms with Gasteiger partial charge < -0.3 is 20.6 Å². The van der Waals surface area contributed by atoms with Crippen molar-refractivity contribution in [3.8, 4) is 11.3 Å². The molecule has 0 atom stereocenters. The number of anilines is 3. The van der Waals surface area contributed by atoms with Gasteiger partial charge in [-0.05, 0) is 19.3 Å². The molecule has 2 aliphatic rings. The number of aliphatic hydroxyl groups is 1. The number of aliphatic hydroxyl groups excluding tert-OH is 1. The van der Waals surface area contributed by atoms with Crippen molar-refractivity contribution in [1.82, 2.24) is 19.9 Å². The fourth-order valence-corrected chi connectivity index (χ4v) is 3.27. The van der Waals surface area contributed by atoms with Crippen LogP contribution in [0.4, 0.5) is 30.9 Å². The quantitative estimate of drug-likeness (QED) is 0.809. The first-order valence-corrected chi connectivity index (χ1v) is 9.08. The van der Waals surface area contributed by atoms with E-state index in [9.17, 15) is 18.3 Å². The molecule has 4 rings (SSSR count). The first-order chi connectivity index (χ1) is 13.3. The fourth-order valence-electron chi connectivity index (χ4n) is 3.27. The maximum absolute atomic E-state index is 13.5. The Hall–Kier alpha value is -2.69. The molecule has 8 nitrogen and oxygen atoms in total. The van der Waals surface area contributed by atoms with Crippen molar-refractivity contribution >= 4 is 17.7 Å². The van der Waals surface area contributed by atoms with E-state index in [1.807, 2.05) is 9.80 Å². The molecule has 0 amide bonds. The van der Waals surface area contributed by atoms with Gasteiger partial charge in [-0.2, -0.15) is 18.2 Å². The molecule has 0 bridgehead atoms. The second-order valence-electron chi connectivity index (χ2n) is 6.96. The standard InChI is InChI=1S/C17H20F3N7O/c18-17(19,20)14-11(9-22-15(21)25-14)12-8-13(26-4-1-5-26)24-16(23-12)27-6-2-10(28)3-7-27/h8-10,28H,1-7H2,(H2,21,22,25). The molecule has 4 heterocycles. The minimum absolute atomic E-state index is 0.102. The van der Waals surface area contributed by atoms with Gasteiger partial charge in [-0.3, -0.25) is 0 Å². The molecule has 0 spiro atoms. The van der Waals surface area contributed by atoms with Crippen LogP contribution in [0.3, 0.4) is 0 Å². The van der Waals surface area contributed by atoms with Gasteiger partial charge in [0, 0.05) is 44.0 Å². The third kappa shape index (κ3) is 3.66. The SMILES string of the molecule is Nc1ncc(-c2cc(N3CCC3)nc(N3CCC(O)CC3)n2)c(C(F)(F)F)n1. The van der Waals surface area contributed by atoms with E-state index in [4.69, 9.17) is 5.73 Å². The zero-order chi connectivity index (χ0) is 19.9. The molecule has 2 fully saturated rings. The van der Waals surface area contributed by atoms with Crippen LogP contribution in [-0.2, 0) is 6.18 Å². The summed E-state index contributed by atoms with van der Waals surface area (Å²) in [5.74, 6) is 0.469. The Kier molecular flexibility index (Phi) is 4.69. The van der Waals surface area contributed by atoms with Crippen molar-refractivity contribution in [2.24, 2.45) is 0 Å². The molecular weight excluding hydrogens is 375 g/mol. The van der Waals surface area contributed by atoms with Crippen LogP contribution in [0, 0.1) is 0 Å². The lowest BCUT2D eigenvalue weighted by atomic mass is 10.1. The molecule has 0 aliphatic carbocycles. The highest BCUT2D eigenvalue weighted by atomic mass is 19.4. The third-order valence-corrected chi connectivity index (χ3v) is 4.98. The molecule has 2 aromatic rings. The fraction of sp³-hybridized carbons (Fsp3) is 0.529. The highest BCUT2D eigenvalue weighted by molar-refractivity contribution is 5.67. The topological polar surface area (TPSA) is 104 Å². The number of hydrogen-bond donors (Lipinski definition) is 2. The molecule has 0 saturated carbocycles. The number of nitrogens with two attached hydrogens (primary N) is 1. The van der Waals surface area contributed by atoms with Gasteiger partial charge in [0.1, 0.15) is 5.82 Å². The van der Waals surface area contributed by atoms with Crippen LogP contribution in [0.5, 0.6) is 0 Å². The molecule has 0 aromatic carbocycles. The van der Waals surface area contributed by atoms with Crippen LogP contribution in [0.25, 0.3) is 11.3 Å². The summed E-state index contributed by atoms with van der Waals surface area (Å²) in [5, 5.41) is 9.72. The smallest absolute Gasteiger partial charge is 0.393 e. The molecule has 11 heteroatoms. The summed E-state index contributed by atoms with van der Waals surface area (Å²) in [6.07, 6.45) is -1.89. The summed E-state index contributed by atoms with van der Waals surface area (Å²) < 4.78 is 40.5. The van der Waals surface area contributed by atoms with Crippen LogP contribution in [0.2, 0.25) is 0 Å². The van der Waals surface area contributed by atoms with Crippen LogP contribution < -0.4 is 15.5 Å². The normalized spacial score (nSPS) is 18.3. The van der Waals surface area contributed by atoms with E-state index in [1.165, 1.54) is 6.07 Å². The van der Waals surface area contributed by atoms with E-state index in [2.05, 4.69) is 19.9 Å². The van der Waals surface area contributed by atoms with Crippen molar-refractivity contribution < 1.29 is 18.3 Å². The van der Waals surface area contributed by atoms with Crippen LogP contribution in [0.1, 0.15) is 25.0 Å². The second kappa shape index (κ2) is 7.04. The third-order valence-electron chi connectivity index (χ3n) is 4.98. The maximum Gasteiger partial charge on any atom is 0.434 e. The van der Waals surface area contributed by atoms with Gasteiger partial charge in [0.05, 0.1) is 11.8 Å². The van der Waals surface area contributed by atoms with Gasteiger partial charge in [-0.15, -0.1) is 0 Å². The number of piperidine rings is 1. The number of rotatable bonds is 3. The van der Waals surface area contributed by atoms with Crippen molar-refractivity contribution in [2.45, 2.75) is 31.5 Å². The summed E-state index contributed by atoms with van der Waals surface area (Å²) in [6.45, 7) is 2.65. The molecule has 150 valence electrons. The summed E-state index contributed by atoms with van der Waals surface area (Å²) in [5.41, 5.74) is 4.13. The first-order valence-electron chi connectivity index (χ1n) is 9.08. The van der Waals surface area contributed by atoms with E-state index in [0.717, 1.165) is 25.7 Å². The van der Waals surface area contributed by atoms with Gasteiger partial charge in [0.15, 0.2) is 5.69 Å². The lowest BCUT2D eigenvalue weighted by molar-refractivity contribution is -0.140. The van der Waals surface area contributed by atoms with Gasteiger partial charge >= 0.3 is 6.18 Å². The lowest BCUT2D eigenvalue weighted by Gasteiger charge is -2.34. The summed E-state index contributed by atoms with van der Waals surface area (Å²) in [4.78, 5) is 19.9. The number of aromatic nitrogens is 4. The molecule has 2 aliphatic heterocycles. The number of hydrogen-bond acceptors (Lipinski definition) is 8. The average molecular weight is 395 g/mol. The second-order valence-corrected chi connectivity index (χ2v) is 6.96. The minimum atomic E-state index is -4.69.